The van der Waals surface area contributed by atoms with Crippen LogP contribution in [0.4, 0.5) is 4.79 Å². The molecular weight excluding hydrogens is 370 g/mol. The van der Waals surface area contributed by atoms with Gasteiger partial charge in [-0.05, 0) is 89.9 Å². The number of nitrogens with one attached hydrogen (secondary N) is 1. The quantitative estimate of drug-likeness (QED) is 0.641. The van der Waals surface area contributed by atoms with E-state index in [1.165, 1.54) is 19.3 Å². The number of fused-ring (bicyclic) bond motifs is 4. The molecule has 0 aromatic rings. The minimum absolute atomic E-state index is 0.0360. The zero-order chi connectivity index (χ0) is 22.0. The lowest BCUT2D eigenvalue weighted by molar-refractivity contribution is -0.167. The van der Waals surface area contributed by atoms with Crippen molar-refractivity contribution in [3.63, 3.8) is 0 Å². The Hall–Kier alpha value is -1.30. The number of methoxy groups -OCH3 is 1. The maximum atomic E-state index is 12.6. The first-order valence-corrected chi connectivity index (χ1v) is 11.1. The van der Waals surface area contributed by atoms with Gasteiger partial charge in [0.05, 0.1) is 6.10 Å². The van der Waals surface area contributed by atoms with E-state index in [4.69, 9.17) is 14.2 Å². The van der Waals surface area contributed by atoms with Gasteiger partial charge in [-0.3, -0.25) is 0 Å². The molecule has 0 spiro atoms. The maximum absolute atomic E-state index is 12.6. The average Bonchev–Trinajstić information content (AvgIpc) is 2.49. The number of alkyl carbamates (subject to hydrolysis) is 1. The molecule has 1 N–H and O–H groups in total. The highest BCUT2D eigenvalue weighted by Crippen LogP contribution is 2.52. The molecule has 5 atom stereocenters. The standard InChI is InChI=1S/C23H41NO5/c1-14-9-17-10-18(11-17)13-23(7,12-14)19(27-8)16(3)28-20(25)15(2)24-21(26)29-22(4,5)6/h14-19H,9-13H2,1-8H3,(H,24,26)/t14?,15-,16-,17?,18?,19-,23?/m0/s1. The summed E-state index contributed by atoms with van der Waals surface area (Å²) >= 11 is 0. The van der Waals surface area contributed by atoms with Crippen molar-refractivity contribution in [2.75, 3.05) is 7.11 Å². The highest BCUT2D eigenvalue weighted by atomic mass is 16.6. The van der Waals surface area contributed by atoms with Crippen LogP contribution in [-0.2, 0) is 19.0 Å². The molecule has 0 radical (unpaired) electrons. The van der Waals surface area contributed by atoms with E-state index in [1.54, 1.807) is 34.8 Å². The summed E-state index contributed by atoms with van der Waals surface area (Å²) in [5.41, 5.74) is -0.655. The molecule has 2 bridgehead atoms. The van der Waals surface area contributed by atoms with Gasteiger partial charge in [-0.2, -0.15) is 0 Å². The molecule has 3 fully saturated rings. The van der Waals surface area contributed by atoms with Crippen molar-refractivity contribution in [3.8, 4) is 0 Å². The van der Waals surface area contributed by atoms with E-state index in [9.17, 15) is 9.59 Å². The number of amides is 1. The predicted molar refractivity (Wildman–Crippen MR) is 113 cm³/mol. The van der Waals surface area contributed by atoms with Crippen LogP contribution in [0.15, 0.2) is 0 Å². The van der Waals surface area contributed by atoms with E-state index in [2.05, 4.69) is 19.2 Å². The Labute approximate surface area is 176 Å². The topological polar surface area (TPSA) is 73.9 Å². The van der Waals surface area contributed by atoms with Crippen LogP contribution in [0.25, 0.3) is 0 Å². The van der Waals surface area contributed by atoms with E-state index in [-0.39, 0.29) is 11.5 Å². The highest BCUT2D eigenvalue weighted by Gasteiger charge is 2.47. The molecule has 1 amide bonds. The van der Waals surface area contributed by atoms with Crippen molar-refractivity contribution < 1.29 is 23.8 Å². The van der Waals surface area contributed by atoms with Crippen LogP contribution >= 0.6 is 0 Å². The largest absolute Gasteiger partial charge is 0.458 e. The van der Waals surface area contributed by atoms with Gasteiger partial charge in [-0.1, -0.05) is 13.8 Å². The Kier molecular flexibility index (Phi) is 7.63. The molecule has 6 nitrogen and oxygen atoms in total. The van der Waals surface area contributed by atoms with Gasteiger partial charge < -0.3 is 19.5 Å². The van der Waals surface area contributed by atoms with Crippen LogP contribution in [0.2, 0.25) is 0 Å². The average molecular weight is 412 g/mol. The minimum atomic E-state index is -0.791. The van der Waals surface area contributed by atoms with E-state index in [0.717, 1.165) is 24.7 Å². The molecule has 6 heteroatoms. The van der Waals surface area contributed by atoms with Crippen LogP contribution in [0.5, 0.6) is 0 Å². The second-order valence-corrected chi connectivity index (χ2v) is 10.8. The van der Waals surface area contributed by atoms with E-state index in [1.807, 2.05) is 6.92 Å². The van der Waals surface area contributed by atoms with Crippen molar-refractivity contribution in [1.29, 1.82) is 0 Å². The molecule has 3 aliphatic rings. The first-order valence-electron chi connectivity index (χ1n) is 11.1. The molecule has 2 unspecified atom stereocenters. The van der Waals surface area contributed by atoms with Gasteiger partial charge in [0, 0.05) is 7.11 Å². The SMILES string of the molecule is CO[C@@H]([C@H](C)OC(=O)[C@H](C)NC(=O)OC(C)(C)C)C1(C)CC(C)CC2CC(C2)C1. The van der Waals surface area contributed by atoms with Gasteiger partial charge in [-0.15, -0.1) is 0 Å². The third-order valence-electron chi connectivity index (χ3n) is 6.39. The van der Waals surface area contributed by atoms with Gasteiger partial charge >= 0.3 is 12.1 Å². The first-order chi connectivity index (χ1) is 13.3. The summed E-state index contributed by atoms with van der Waals surface area (Å²) in [7, 11) is 1.70. The Morgan fingerprint density at radius 3 is 2.24 bits per heavy atom. The molecule has 0 aromatic heterocycles. The smallest absolute Gasteiger partial charge is 0.408 e. The summed E-state index contributed by atoms with van der Waals surface area (Å²) in [6.45, 7) is 13.4. The Bertz CT molecular complexity index is 576. The molecular formula is C23H41NO5. The van der Waals surface area contributed by atoms with Crippen molar-refractivity contribution in [2.45, 2.75) is 104 Å². The van der Waals surface area contributed by atoms with Gasteiger partial charge in [0.25, 0.3) is 0 Å². The van der Waals surface area contributed by atoms with E-state index in [0.29, 0.717) is 5.92 Å². The number of hydrogen-bond acceptors (Lipinski definition) is 5. The second kappa shape index (κ2) is 9.23. The molecule has 0 heterocycles. The van der Waals surface area contributed by atoms with Crippen LogP contribution in [0, 0.1) is 23.2 Å². The van der Waals surface area contributed by atoms with Gasteiger partial charge in [0.1, 0.15) is 17.7 Å². The van der Waals surface area contributed by atoms with Gasteiger partial charge in [0.2, 0.25) is 0 Å². The monoisotopic (exact) mass is 411 g/mol. The number of hydrogen-bond donors (Lipinski definition) is 1. The number of ether oxygens (including phenoxy) is 3. The van der Waals surface area contributed by atoms with Crippen molar-refractivity contribution in [2.24, 2.45) is 23.2 Å². The number of esters is 1. The third-order valence-corrected chi connectivity index (χ3v) is 6.39. The van der Waals surface area contributed by atoms with Crippen LogP contribution in [-0.4, -0.2) is 43.0 Å². The van der Waals surface area contributed by atoms with Crippen molar-refractivity contribution in [1.82, 2.24) is 5.32 Å². The summed E-state index contributed by atoms with van der Waals surface area (Å²) in [6, 6.07) is -0.791. The Morgan fingerprint density at radius 1 is 1.07 bits per heavy atom. The molecule has 3 aliphatic carbocycles. The number of rotatable bonds is 6. The van der Waals surface area contributed by atoms with Crippen molar-refractivity contribution >= 4 is 12.1 Å². The Morgan fingerprint density at radius 2 is 1.69 bits per heavy atom. The summed E-state index contributed by atoms with van der Waals surface area (Å²) in [5, 5.41) is 2.55. The molecule has 0 aromatic carbocycles. The lowest BCUT2D eigenvalue weighted by Crippen LogP contribution is -2.50. The number of carbonyl (C=O) groups is 2. The Balaban J connectivity index is 1.97. The minimum Gasteiger partial charge on any atom is -0.458 e. The fourth-order valence-corrected chi connectivity index (χ4v) is 5.59. The van der Waals surface area contributed by atoms with E-state index >= 15 is 0 Å². The van der Waals surface area contributed by atoms with Gasteiger partial charge in [-0.25, -0.2) is 9.59 Å². The number of carbonyl (C=O) groups excluding carboxylic acids is 2. The zero-order valence-corrected chi connectivity index (χ0v) is 19.5. The van der Waals surface area contributed by atoms with Crippen molar-refractivity contribution in [3.05, 3.63) is 0 Å². The zero-order valence-electron chi connectivity index (χ0n) is 19.5. The lowest BCUT2D eigenvalue weighted by Gasteiger charge is -2.50. The lowest BCUT2D eigenvalue weighted by atomic mass is 9.58. The second-order valence-electron chi connectivity index (χ2n) is 10.8. The molecule has 0 saturated heterocycles. The fourth-order valence-electron chi connectivity index (χ4n) is 5.59. The van der Waals surface area contributed by atoms with Crippen LogP contribution in [0.3, 0.4) is 0 Å². The maximum Gasteiger partial charge on any atom is 0.408 e. The fraction of sp³-hybridized carbons (Fsp3) is 0.913. The van der Waals surface area contributed by atoms with Crippen LogP contribution < -0.4 is 5.32 Å². The molecule has 0 aliphatic heterocycles. The predicted octanol–water partition coefficient (Wildman–Crippen LogP) is 4.70. The molecule has 168 valence electrons. The van der Waals surface area contributed by atoms with Crippen LogP contribution in [0.1, 0.15) is 80.6 Å². The highest BCUT2D eigenvalue weighted by molar-refractivity contribution is 5.81. The molecule has 3 saturated carbocycles. The van der Waals surface area contributed by atoms with Gasteiger partial charge in [0.15, 0.2) is 0 Å². The first kappa shape index (κ1) is 24.0. The summed E-state index contributed by atoms with van der Waals surface area (Å²) < 4.78 is 16.9. The summed E-state index contributed by atoms with van der Waals surface area (Å²) in [5.74, 6) is 1.82. The molecule has 3 rings (SSSR count). The summed E-state index contributed by atoms with van der Waals surface area (Å²) in [4.78, 5) is 24.5. The third kappa shape index (κ3) is 6.59. The van der Waals surface area contributed by atoms with E-state index < -0.39 is 29.8 Å². The normalized spacial score (nSPS) is 32.6. The molecule has 29 heavy (non-hydrogen) atoms. The summed E-state index contributed by atoms with van der Waals surface area (Å²) in [6.07, 6.45) is 4.91.